The Hall–Kier alpha value is -3.37. The van der Waals surface area contributed by atoms with Gasteiger partial charge in [-0.05, 0) is 48.7 Å². The number of rotatable bonds is 11. The van der Waals surface area contributed by atoms with Gasteiger partial charge in [0, 0.05) is 12.7 Å². The van der Waals surface area contributed by atoms with E-state index in [9.17, 15) is 9.59 Å². The van der Waals surface area contributed by atoms with Gasteiger partial charge in [0.1, 0.15) is 15.8 Å². The Morgan fingerprint density at radius 3 is 2.74 bits per heavy atom. The van der Waals surface area contributed by atoms with Crippen LogP contribution in [0.1, 0.15) is 62.1 Å². The van der Waals surface area contributed by atoms with Crippen LogP contribution in [0.4, 0.5) is 5.82 Å². The molecule has 0 atom stereocenters. The van der Waals surface area contributed by atoms with Crippen molar-refractivity contribution in [3.63, 3.8) is 0 Å². The lowest BCUT2D eigenvalue weighted by molar-refractivity contribution is -0.122. The molecule has 3 aromatic rings. The van der Waals surface area contributed by atoms with Gasteiger partial charge in [-0.2, -0.15) is 0 Å². The molecule has 39 heavy (non-hydrogen) atoms. The van der Waals surface area contributed by atoms with E-state index < -0.39 is 0 Å². The van der Waals surface area contributed by atoms with Crippen molar-refractivity contribution in [1.82, 2.24) is 14.3 Å². The average molecular weight is 565 g/mol. The normalized spacial score (nSPS) is 15.6. The highest BCUT2D eigenvalue weighted by Crippen LogP contribution is 2.36. The molecule has 1 amide bonds. The van der Waals surface area contributed by atoms with Crippen molar-refractivity contribution in [2.24, 2.45) is 0 Å². The fourth-order valence-electron chi connectivity index (χ4n) is 4.68. The lowest BCUT2D eigenvalue weighted by Gasteiger charge is -2.15. The summed E-state index contributed by atoms with van der Waals surface area (Å²) >= 11 is 6.75. The van der Waals surface area contributed by atoms with Crippen molar-refractivity contribution in [3.8, 4) is 11.5 Å². The Morgan fingerprint density at radius 1 is 1.10 bits per heavy atom. The molecule has 5 rings (SSSR count). The van der Waals surface area contributed by atoms with E-state index in [4.69, 9.17) is 26.7 Å². The molecule has 2 aliphatic rings. The largest absolute Gasteiger partial charge is 0.454 e. The van der Waals surface area contributed by atoms with Crippen LogP contribution in [-0.4, -0.2) is 37.8 Å². The predicted molar refractivity (Wildman–Crippen MR) is 159 cm³/mol. The molecular weight excluding hydrogens is 532 g/mol. The zero-order valence-corrected chi connectivity index (χ0v) is 23.8. The van der Waals surface area contributed by atoms with Crippen LogP contribution in [0.25, 0.3) is 11.7 Å². The quantitative estimate of drug-likeness (QED) is 0.175. The number of unbranched alkanes of at least 4 members (excludes halogenated alkanes) is 5. The minimum Gasteiger partial charge on any atom is -0.454 e. The van der Waals surface area contributed by atoms with Gasteiger partial charge in [0.05, 0.1) is 17.0 Å². The van der Waals surface area contributed by atoms with Crippen LogP contribution in [0.2, 0.25) is 0 Å². The van der Waals surface area contributed by atoms with Crippen molar-refractivity contribution in [2.45, 2.75) is 58.9 Å². The van der Waals surface area contributed by atoms with Gasteiger partial charge in [-0.15, -0.1) is 0 Å². The van der Waals surface area contributed by atoms with E-state index in [2.05, 4.69) is 12.2 Å². The number of aryl methyl sites for hydroxylation is 1. The minimum absolute atomic E-state index is 0.187. The molecule has 2 aliphatic heterocycles. The molecule has 2 aromatic heterocycles. The van der Waals surface area contributed by atoms with Crippen molar-refractivity contribution >= 4 is 51.7 Å². The standard InChI is InChI=1S/C29H32N4O4S2/c1-3-4-5-6-7-8-13-30-25-21(27(34)32-14-9-10-19(2)26(32)31-25)16-24-28(35)33(29(38)39-24)17-20-11-12-22-23(15-20)37-18-36-22/h9-12,14-16,30H,3-8,13,17-18H2,1-2H3. The van der Waals surface area contributed by atoms with Crippen molar-refractivity contribution in [2.75, 3.05) is 18.7 Å². The molecule has 0 unspecified atom stereocenters. The lowest BCUT2D eigenvalue weighted by atomic mass is 10.1. The highest BCUT2D eigenvalue weighted by molar-refractivity contribution is 8.26. The van der Waals surface area contributed by atoms with Crippen LogP contribution in [0.5, 0.6) is 11.5 Å². The summed E-state index contributed by atoms with van der Waals surface area (Å²) < 4.78 is 12.8. The zero-order valence-electron chi connectivity index (χ0n) is 22.2. The minimum atomic E-state index is -0.238. The van der Waals surface area contributed by atoms with Gasteiger partial charge in [-0.3, -0.25) is 18.9 Å². The molecule has 1 saturated heterocycles. The van der Waals surface area contributed by atoms with Gasteiger partial charge >= 0.3 is 0 Å². The van der Waals surface area contributed by atoms with E-state index in [-0.39, 0.29) is 18.3 Å². The number of benzene rings is 1. The van der Waals surface area contributed by atoms with E-state index in [0.29, 0.717) is 50.8 Å². The van der Waals surface area contributed by atoms with Crippen molar-refractivity contribution in [3.05, 3.63) is 68.5 Å². The van der Waals surface area contributed by atoms with Crippen LogP contribution >= 0.6 is 24.0 Å². The van der Waals surface area contributed by atoms with Gasteiger partial charge < -0.3 is 14.8 Å². The molecule has 4 heterocycles. The van der Waals surface area contributed by atoms with Crippen molar-refractivity contribution < 1.29 is 14.3 Å². The number of hydrogen-bond acceptors (Lipinski definition) is 8. The molecular formula is C29H32N4O4S2. The first-order valence-corrected chi connectivity index (χ1v) is 14.6. The summed E-state index contributed by atoms with van der Waals surface area (Å²) in [6.07, 6.45) is 10.3. The first kappa shape index (κ1) is 27.2. The SMILES string of the molecule is CCCCCCCCNc1nc2c(C)cccn2c(=O)c1C=C1SC(=S)N(Cc2ccc3c(c2)OCO3)C1=O. The molecule has 0 saturated carbocycles. The Labute approximate surface area is 237 Å². The van der Waals surface area contributed by atoms with Crippen molar-refractivity contribution in [1.29, 1.82) is 0 Å². The third-order valence-electron chi connectivity index (χ3n) is 6.83. The van der Waals surface area contributed by atoms with Gasteiger partial charge in [0.15, 0.2) is 11.5 Å². The molecule has 10 heteroatoms. The molecule has 0 aliphatic carbocycles. The number of pyridine rings is 1. The summed E-state index contributed by atoms with van der Waals surface area (Å²) in [4.78, 5) is 33.8. The molecule has 1 N–H and O–H groups in total. The first-order chi connectivity index (χ1) is 19.0. The van der Waals surface area contributed by atoms with Gasteiger partial charge in [0.25, 0.3) is 11.5 Å². The highest BCUT2D eigenvalue weighted by Gasteiger charge is 2.33. The number of anilines is 1. The number of nitrogens with one attached hydrogen (secondary N) is 1. The second-order valence-corrected chi connectivity index (χ2v) is 11.4. The second kappa shape index (κ2) is 12.2. The Morgan fingerprint density at radius 2 is 1.90 bits per heavy atom. The Kier molecular flexibility index (Phi) is 8.52. The molecule has 204 valence electrons. The number of carbonyl (C=O) groups is 1. The van der Waals surface area contributed by atoms with Crippen LogP contribution in [0.3, 0.4) is 0 Å². The van der Waals surface area contributed by atoms with Gasteiger partial charge in [-0.25, -0.2) is 4.98 Å². The van der Waals surface area contributed by atoms with E-state index in [1.807, 2.05) is 37.3 Å². The number of carbonyl (C=O) groups excluding carboxylic acids is 1. The average Bonchev–Trinajstić information content (AvgIpc) is 3.50. The molecule has 8 nitrogen and oxygen atoms in total. The fourth-order valence-corrected chi connectivity index (χ4v) is 5.91. The maximum Gasteiger partial charge on any atom is 0.267 e. The van der Waals surface area contributed by atoms with Gasteiger partial charge in [0.2, 0.25) is 6.79 Å². The number of ether oxygens (including phenoxy) is 2. The zero-order chi connectivity index (χ0) is 27.4. The molecule has 0 radical (unpaired) electrons. The van der Waals surface area contributed by atoms with Crippen LogP contribution in [-0.2, 0) is 11.3 Å². The number of thiocarbonyl (C=S) groups is 1. The number of nitrogens with zero attached hydrogens (tertiary/aromatic N) is 3. The number of aromatic nitrogens is 2. The fraction of sp³-hybridized carbons (Fsp3) is 0.379. The summed E-state index contributed by atoms with van der Waals surface area (Å²) in [5.74, 6) is 1.59. The van der Waals surface area contributed by atoms with E-state index in [0.717, 1.165) is 24.0 Å². The smallest absolute Gasteiger partial charge is 0.267 e. The van der Waals surface area contributed by atoms with Crippen LogP contribution in [0, 0.1) is 6.92 Å². The summed E-state index contributed by atoms with van der Waals surface area (Å²) in [6, 6.07) is 9.33. The number of hydrogen-bond donors (Lipinski definition) is 1. The third kappa shape index (κ3) is 5.96. The summed E-state index contributed by atoms with van der Waals surface area (Å²) in [5, 5.41) is 3.38. The first-order valence-electron chi connectivity index (χ1n) is 13.4. The molecule has 1 aromatic carbocycles. The topological polar surface area (TPSA) is 85.2 Å². The van der Waals surface area contributed by atoms with Gasteiger partial charge in [-0.1, -0.05) is 75.1 Å². The van der Waals surface area contributed by atoms with Crippen LogP contribution in [0.15, 0.2) is 46.2 Å². The second-order valence-electron chi connectivity index (χ2n) is 9.71. The number of fused-ring (bicyclic) bond motifs is 2. The molecule has 0 bridgehead atoms. The van der Waals surface area contributed by atoms with E-state index in [1.54, 1.807) is 17.2 Å². The Balaban J connectivity index is 1.39. The summed E-state index contributed by atoms with van der Waals surface area (Å²) in [5.41, 5.74) is 2.50. The highest BCUT2D eigenvalue weighted by atomic mass is 32.2. The maximum atomic E-state index is 13.6. The Bertz CT molecular complexity index is 1500. The predicted octanol–water partition coefficient (Wildman–Crippen LogP) is 5.91. The monoisotopic (exact) mass is 564 g/mol. The summed E-state index contributed by atoms with van der Waals surface area (Å²) in [7, 11) is 0. The molecule has 0 spiro atoms. The third-order valence-corrected chi connectivity index (χ3v) is 8.21. The van der Waals surface area contributed by atoms with Crippen LogP contribution < -0.4 is 20.3 Å². The maximum absolute atomic E-state index is 13.6. The number of amides is 1. The van der Waals surface area contributed by atoms with E-state index in [1.165, 1.54) is 41.8 Å². The molecule has 1 fully saturated rings. The number of thioether (sulfide) groups is 1. The van der Waals surface area contributed by atoms with E-state index >= 15 is 0 Å². The lowest BCUT2D eigenvalue weighted by Crippen LogP contribution is -2.27. The summed E-state index contributed by atoms with van der Waals surface area (Å²) in [6.45, 7) is 5.33.